The summed E-state index contributed by atoms with van der Waals surface area (Å²) in [4.78, 5) is 0. The van der Waals surface area contributed by atoms with Crippen LogP contribution in [-0.2, 0) is 0 Å². The molecule has 0 N–H and O–H groups in total. The Kier molecular flexibility index (Phi) is 2.42. The van der Waals surface area contributed by atoms with E-state index >= 15 is 0 Å². The normalized spacial score (nSPS) is 9.50. The zero-order chi connectivity index (χ0) is 5.82. The summed E-state index contributed by atoms with van der Waals surface area (Å²) in [5, 5.41) is 1.33. The number of hydrogen-bond donors (Lipinski definition) is 0. The minimum atomic E-state index is 1.22. The van der Waals surface area contributed by atoms with Crippen molar-refractivity contribution in [1.29, 1.82) is 0 Å². The predicted octanol–water partition coefficient (Wildman–Crippen LogP) is 1.34. The van der Waals surface area contributed by atoms with Crippen molar-refractivity contribution in [1.82, 2.24) is 0 Å². The zero-order valence-electron chi connectivity index (χ0n) is 4.24. The molecule has 0 heterocycles. The molecule has 8 heavy (non-hydrogen) atoms. The van der Waals surface area contributed by atoms with E-state index in [1.165, 1.54) is 12.1 Å². The van der Waals surface area contributed by atoms with Gasteiger partial charge in [-0.3, -0.25) is 0 Å². The van der Waals surface area contributed by atoms with Gasteiger partial charge in [-0.1, -0.05) is 0 Å². The first-order valence-electron chi connectivity index (χ1n) is 2.32. The Morgan fingerprint density at radius 2 is 1.75 bits per heavy atom. The fourth-order valence-corrected chi connectivity index (χ4v) is 1.55. The zero-order valence-corrected chi connectivity index (χ0v) is 6.85. The van der Waals surface area contributed by atoms with Crippen molar-refractivity contribution in [3.8, 4) is 0 Å². The van der Waals surface area contributed by atoms with Gasteiger partial charge in [0.25, 0.3) is 0 Å². The van der Waals surface area contributed by atoms with E-state index in [0.29, 0.717) is 0 Å². The fourth-order valence-electron chi connectivity index (χ4n) is 0.489. The molecule has 0 saturated carbocycles. The van der Waals surface area contributed by atoms with Gasteiger partial charge in [-0.25, -0.2) is 0 Å². The van der Waals surface area contributed by atoms with E-state index in [0.717, 1.165) is 0 Å². The van der Waals surface area contributed by atoms with Gasteiger partial charge in [-0.05, 0) is 0 Å². The van der Waals surface area contributed by atoms with Crippen LogP contribution in [0.2, 0.25) is 0 Å². The topological polar surface area (TPSA) is 0 Å². The summed E-state index contributed by atoms with van der Waals surface area (Å²) in [6.07, 6.45) is 0. The first-order chi connectivity index (χ1) is 3.93. The average Bonchev–Trinajstić information content (AvgIpc) is 1.90. The summed E-state index contributed by atoms with van der Waals surface area (Å²) in [7, 11) is 0. The van der Waals surface area contributed by atoms with Crippen molar-refractivity contribution in [3.63, 3.8) is 0 Å². The van der Waals surface area contributed by atoms with Gasteiger partial charge in [0.2, 0.25) is 0 Å². The summed E-state index contributed by atoms with van der Waals surface area (Å²) in [5.41, 5.74) is 0. The molecular formula is C6H5PSe. The van der Waals surface area contributed by atoms with Crippen molar-refractivity contribution in [2.45, 2.75) is 0 Å². The predicted molar refractivity (Wildman–Crippen MR) is 38.8 cm³/mol. The van der Waals surface area contributed by atoms with Crippen molar-refractivity contribution >= 4 is 27.2 Å². The van der Waals surface area contributed by atoms with Gasteiger partial charge in [0.1, 0.15) is 0 Å². The molecule has 2 heteroatoms. The van der Waals surface area contributed by atoms with Crippen LogP contribution >= 0.6 is 6.83 Å². The van der Waals surface area contributed by atoms with Crippen LogP contribution in [0.4, 0.5) is 0 Å². The maximum absolute atomic E-state index is 2.93. The van der Waals surface area contributed by atoms with E-state index in [4.69, 9.17) is 0 Å². The summed E-state index contributed by atoms with van der Waals surface area (Å²) in [5.74, 6) is 0. The van der Waals surface area contributed by atoms with Gasteiger partial charge in [0.05, 0.1) is 0 Å². The van der Waals surface area contributed by atoms with Gasteiger partial charge < -0.3 is 0 Å². The van der Waals surface area contributed by atoms with Crippen LogP contribution in [0.1, 0.15) is 0 Å². The second-order valence-corrected chi connectivity index (χ2v) is 3.27. The molecule has 0 fully saturated rings. The van der Waals surface area contributed by atoms with Crippen LogP contribution in [0.5, 0.6) is 0 Å². The van der Waals surface area contributed by atoms with E-state index in [1.54, 1.807) is 0 Å². The van der Waals surface area contributed by atoms with E-state index in [9.17, 15) is 0 Å². The van der Waals surface area contributed by atoms with Crippen molar-refractivity contribution in [2.75, 3.05) is 0 Å². The summed E-state index contributed by atoms with van der Waals surface area (Å²) < 4.78 is 0. The molecule has 0 amide bonds. The Labute approximate surface area is 58.0 Å². The Balaban J connectivity index is 2.99. The van der Waals surface area contributed by atoms with Crippen molar-refractivity contribution in [2.24, 2.45) is 0 Å². The fraction of sp³-hybridized carbons (Fsp3) is 0. The minimum absolute atomic E-state index is 1.22. The molecule has 0 nitrogen and oxygen atoms in total. The first-order valence-corrected chi connectivity index (χ1v) is 5.43. The molecule has 0 bridgehead atoms. The monoisotopic (exact) mass is 188 g/mol. The van der Waals surface area contributed by atoms with Crippen LogP contribution < -0.4 is 5.30 Å². The molecule has 0 atom stereocenters. The number of rotatable bonds is 1. The van der Waals surface area contributed by atoms with E-state index in [-0.39, 0.29) is 0 Å². The molecular weight excluding hydrogens is 182 g/mol. The van der Waals surface area contributed by atoms with E-state index < -0.39 is 0 Å². The molecule has 0 radical (unpaired) electrons. The van der Waals surface area contributed by atoms with Crippen LogP contribution in [-0.4, -0.2) is 15.1 Å². The second kappa shape index (κ2) is 3.14. The SMILES string of the molecule is [Se]=Pc1ccccc1. The van der Waals surface area contributed by atoms with Crippen molar-refractivity contribution in [3.05, 3.63) is 30.3 Å². The molecule has 0 saturated heterocycles. The van der Waals surface area contributed by atoms with Gasteiger partial charge in [0.15, 0.2) is 0 Å². The Bertz CT molecular complexity index is 171. The molecule has 0 spiro atoms. The van der Waals surface area contributed by atoms with Crippen LogP contribution in [0.25, 0.3) is 0 Å². The molecule has 0 aliphatic heterocycles. The number of benzene rings is 1. The average molecular weight is 187 g/mol. The van der Waals surface area contributed by atoms with Crippen molar-refractivity contribution < 1.29 is 0 Å². The molecule has 0 aliphatic carbocycles. The van der Waals surface area contributed by atoms with Gasteiger partial charge >= 0.3 is 57.6 Å². The third-order valence-electron chi connectivity index (χ3n) is 0.862. The second-order valence-electron chi connectivity index (χ2n) is 1.43. The summed E-state index contributed by atoms with van der Waals surface area (Å²) in [6, 6.07) is 10.3. The molecule has 0 aliphatic rings. The maximum atomic E-state index is 2.93. The van der Waals surface area contributed by atoms with Gasteiger partial charge in [-0.2, -0.15) is 0 Å². The molecule has 1 aromatic rings. The van der Waals surface area contributed by atoms with Gasteiger partial charge in [-0.15, -0.1) is 0 Å². The first kappa shape index (κ1) is 6.16. The Morgan fingerprint density at radius 3 is 2.12 bits per heavy atom. The summed E-state index contributed by atoms with van der Waals surface area (Å²) >= 11 is 2.93. The third-order valence-corrected chi connectivity index (χ3v) is 2.70. The summed E-state index contributed by atoms with van der Waals surface area (Å²) in [6.45, 7) is 1.22. The molecule has 0 aromatic heterocycles. The van der Waals surface area contributed by atoms with E-state index in [2.05, 4.69) is 27.2 Å². The Hall–Kier alpha value is 0.0395. The quantitative estimate of drug-likeness (QED) is 0.459. The molecule has 1 rings (SSSR count). The number of hydrogen-bond acceptors (Lipinski definition) is 0. The molecule has 0 unspecified atom stereocenters. The molecule has 1 aromatic carbocycles. The van der Waals surface area contributed by atoms with Crippen LogP contribution in [0.15, 0.2) is 30.3 Å². The third kappa shape index (κ3) is 1.52. The van der Waals surface area contributed by atoms with Crippen LogP contribution in [0.3, 0.4) is 0 Å². The Morgan fingerprint density at radius 1 is 1.12 bits per heavy atom. The van der Waals surface area contributed by atoms with Gasteiger partial charge in [0, 0.05) is 0 Å². The molecule has 40 valence electrons. The van der Waals surface area contributed by atoms with E-state index in [1.807, 2.05) is 18.2 Å². The van der Waals surface area contributed by atoms with Crippen LogP contribution in [0, 0.1) is 0 Å². The standard InChI is InChI=1S/C6H5PSe/c8-7-6-4-2-1-3-5-6/h1-5H.